The molecule has 59 heavy (non-hydrogen) atoms. The molecule has 0 saturated carbocycles. The van der Waals surface area contributed by atoms with Gasteiger partial charge in [0.25, 0.3) is 0 Å². The first-order chi connectivity index (χ1) is 28.3. The van der Waals surface area contributed by atoms with Gasteiger partial charge in [0, 0.05) is 36.9 Å². The molecule has 5 heterocycles. The van der Waals surface area contributed by atoms with Crippen LogP contribution in [0, 0.1) is 17.8 Å². The summed E-state index contributed by atoms with van der Waals surface area (Å²) in [5.74, 6) is -4.51. The highest BCUT2D eigenvalue weighted by Crippen LogP contribution is 2.47. The van der Waals surface area contributed by atoms with Crippen molar-refractivity contribution in [2.24, 2.45) is 22.9 Å². The number of nitrogens with one attached hydrogen (secondary N) is 1. The molecule has 2 aromatic rings. The van der Waals surface area contributed by atoms with E-state index in [-0.39, 0.29) is 42.7 Å². The summed E-state index contributed by atoms with van der Waals surface area (Å²) in [4.78, 5) is 48.9. The van der Waals surface area contributed by atoms with Crippen LogP contribution >= 0.6 is 0 Å². The predicted octanol–water partition coefficient (Wildman–Crippen LogP) is 5.27. The van der Waals surface area contributed by atoms with Crippen LogP contribution in [-0.4, -0.2) is 107 Å². The molecule has 7 rings (SSSR count). The lowest BCUT2D eigenvalue weighted by Gasteiger charge is -2.49. The first-order valence-electron chi connectivity index (χ1n) is 20.3. The molecule has 1 aromatic heterocycles. The second-order valence-corrected chi connectivity index (χ2v) is 16.3. The predicted molar refractivity (Wildman–Crippen MR) is 214 cm³/mol. The summed E-state index contributed by atoms with van der Waals surface area (Å²) in [6.45, 7) is 7.47. The fourth-order valence-corrected chi connectivity index (χ4v) is 8.79. The third-order valence-corrected chi connectivity index (χ3v) is 12.2. The Morgan fingerprint density at radius 1 is 1.07 bits per heavy atom. The number of carbonyl (C=O) groups is 3. The lowest BCUT2D eigenvalue weighted by atomic mass is 9.70. The molecule has 3 unspecified atom stereocenters. The second kappa shape index (κ2) is 17.8. The fourth-order valence-electron chi connectivity index (χ4n) is 8.79. The number of rotatable bonds is 7. The smallest absolute Gasteiger partial charge is 0.361 e. The van der Waals surface area contributed by atoms with E-state index in [1.54, 1.807) is 54.7 Å². The molecule has 3 fully saturated rings. The molecule has 0 radical (unpaired) electrons. The molecular formula is C45H54N2O12. The van der Waals surface area contributed by atoms with Crippen molar-refractivity contribution in [3.63, 3.8) is 0 Å². The maximum absolute atomic E-state index is 14.5. The van der Waals surface area contributed by atoms with Gasteiger partial charge in [-0.05, 0) is 61.5 Å². The fraction of sp³-hybridized carbons (Fsp3) is 0.511. The average molecular weight is 815 g/mol. The third kappa shape index (κ3) is 8.87. The van der Waals surface area contributed by atoms with Crippen LogP contribution in [0.5, 0.6) is 0 Å². The minimum absolute atomic E-state index is 0.0103. The molecule has 0 amide bonds. The Balaban J connectivity index is 1.26. The van der Waals surface area contributed by atoms with Crippen molar-refractivity contribution in [2.45, 2.75) is 108 Å². The van der Waals surface area contributed by atoms with Crippen LogP contribution in [0.15, 0.2) is 101 Å². The molecule has 1 aromatic carbocycles. The lowest BCUT2D eigenvalue weighted by Crippen LogP contribution is -2.58. The van der Waals surface area contributed by atoms with E-state index in [1.165, 1.54) is 13.2 Å². The molecule has 11 atom stereocenters. The van der Waals surface area contributed by atoms with Crippen LogP contribution in [-0.2, 0) is 42.8 Å². The van der Waals surface area contributed by atoms with Crippen molar-refractivity contribution in [1.29, 1.82) is 0 Å². The van der Waals surface area contributed by atoms with E-state index in [0.29, 0.717) is 36.3 Å². The summed E-state index contributed by atoms with van der Waals surface area (Å²) >= 11 is 0. The zero-order valence-electron chi connectivity index (χ0n) is 34.1. The van der Waals surface area contributed by atoms with E-state index >= 15 is 0 Å². The maximum Gasteiger partial charge on any atom is 0.361 e. The highest BCUT2D eigenvalue weighted by atomic mass is 16.7. The standard InChI is InChI=1S/C45H54N2O12/c1-26-18-19-44(58-29(26)4)23-34-22-33(59-44)17-16-28(3)39(57-43(51)37(47-53-5)30-12-7-6-8-13-30)27(2)11-9-14-32-25-54-40-38(48)31(21-35(41(49)56-34)45(32,40)52)24-55-42(50)36-15-10-20-46-36/h6-16,20-21,26-27,29,33-35,38-40,46,48,52H,17-19,22-25H2,1-5H3/b11-9+,28-16+,32-14+,47-37?/t26-,27-,29+,33+,34-,35?,38+,39+,40?,44?,45+/m0/s1. The van der Waals surface area contributed by atoms with Gasteiger partial charge in [0.05, 0.1) is 18.8 Å². The van der Waals surface area contributed by atoms with Crippen LogP contribution in [0.4, 0.5) is 0 Å². The monoisotopic (exact) mass is 814 g/mol. The number of aliphatic hydroxyl groups excluding tert-OH is 1. The number of allylic oxidation sites excluding steroid dienone is 2. The molecule has 14 nitrogen and oxygen atoms in total. The minimum Gasteiger partial charge on any atom is -0.462 e. The van der Waals surface area contributed by atoms with Gasteiger partial charge in [-0.25, -0.2) is 9.59 Å². The number of esters is 3. The van der Waals surface area contributed by atoms with E-state index < -0.39 is 71.7 Å². The SMILES string of the molecule is CON=C(C(=O)O[C@H]1/C(C)=C/C[C@@H]2C[C@@H](CC3(CC[C@H](C)[C@@H](C)O3)O2)OC(=O)C2C=C(COC(=O)c3ccc[nH]3)[C@@H](O)C3OC/C(=C\C=C\[C@@H]1C)[C@@]23O)c1ccccc1. The molecule has 3 saturated heterocycles. The van der Waals surface area contributed by atoms with E-state index in [1.807, 2.05) is 39.0 Å². The number of fused-ring (bicyclic) bond motifs is 2. The van der Waals surface area contributed by atoms with Crippen LogP contribution in [0.1, 0.15) is 75.9 Å². The van der Waals surface area contributed by atoms with Crippen molar-refractivity contribution >= 4 is 23.6 Å². The van der Waals surface area contributed by atoms with Crippen molar-refractivity contribution in [3.8, 4) is 0 Å². The molecule has 1 spiro atoms. The normalized spacial score (nSPS) is 37.4. The number of aliphatic hydroxyl groups is 2. The number of oxime groups is 1. The van der Waals surface area contributed by atoms with Crippen molar-refractivity contribution < 1.29 is 57.9 Å². The summed E-state index contributed by atoms with van der Waals surface area (Å²) in [5.41, 5.74) is 0.0227. The Morgan fingerprint density at radius 3 is 2.59 bits per heavy atom. The topological polar surface area (TPSA) is 184 Å². The van der Waals surface area contributed by atoms with E-state index in [4.69, 9.17) is 33.3 Å². The first-order valence-corrected chi connectivity index (χ1v) is 20.3. The highest BCUT2D eigenvalue weighted by Gasteiger charge is 2.60. The molecule has 3 N–H and O–H groups in total. The van der Waals surface area contributed by atoms with Gasteiger partial charge in [-0.1, -0.05) is 79.7 Å². The number of aromatic amines is 1. The summed E-state index contributed by atoms with van der Waals surface area (Å²) in [7, 11) is 1.36. The lowest BCUT2D eigenvalue weighted by molar-refractivity contribution is -0.332. The van der Waals surface area contributed by atoms with Crippen LogP contribution in [0.25, 0.3) is 0 Å². The number of H-pyrrole nitrogens is 1. The number of hydrogen-bond acceptors (Lipinski definition) is 13. The zero-order valence-corrected chi connectivity index (χ0v) is 34.1. The number of benzene rings is 1. The molecule has 14 heteroatoms. The number of ether oxygens (including phenoxy) is 6. The Bertz CT molecular complexity index is 2010. The maximum atomic E-state index is 14.5. The molecule has 316 valence electrons. The molecule has 1 aliphatic carbocycles. The summed E-state index contributed by atoms with van der Waals surface area (Å²) in [5, 5.41) is 28.2. The van der Waals surface area contributed by atoms with Crippen LogP contribution in [0.2, 0.25) is 0 Å². The van der Waals surface area contributed by atoms with Gasteiger partial charge >= 0.3 is 17.9 Å². The van der Waals surface area contributed by atoms with Crippen molar-refractivity contribution in [2.75, 3.05) is 20.3 Å². The van der Waals surface area contributed by atoms with Gasteiger partial charge in [-0.3, -0.25) is 4.79 Å². The molecule has 2 bridgehead atoms. The van der Waals surface area contributed by atoms with E-state index in [0.717, 1.165) is 12.0 Å². The van der Waals surface area contributed by atoms with Gasteiger partial charge in [-0.2, -0.15) is 0 Å². The molecule has 4 aliphatic heterocycles. The zero-order chi connectivity index (χ0) is 41.9. The number of aromatic nitrogens is 1. The summed E-state index contributed by atoms with van der Waals surface area (Å²) in [6, 6.07) is 12.1. The van der Waals surface area contributed by atoms with E-state index in [9.17, 15) is 24.6 Å². The Hall–Kier alpha value is -4.86. The van der Waals surface area contributed by atoms with Crippen molar-refractivity contribution in [3.05, 3.63) is 107 Å². The first kappa shape index (κ1) is 42.3. The van der Waals surface area contributed by atoms with Crippen molar-refractivity contribution in [1.82, 2.24) is 4.98 Å². The van der Waals surface area contributed by atoms with Gasteiger partial charge < -0.3 is 48.5 Å². The number of hydrogen-bond donors (Lipinski definition) is 3. The van der Waals surface area contributed by atoms with Crippen LogP contribution in [0.3, 0.4) is 0 Å². The third-order valence-electron chi connectivity index (χ3n) is 12.2. The second-order valence-electron chi connectivity index (χ2n) is 16.3. The average Bonchev–Trinajstić information content (AvgIpc) is 3.88. The summed E-state index contributed by atoms with van der Waals surface area (Å²) in [6.07, 6.45) is 7.94. The summed E-state index contributed by atoms with van der Waals surface area (Å²) < 4.78 is 37.5. The largest absolute Gasteiger partial charge is 0.462 e. The Kier molecular flexibility index (Phi) is 12.7. The Morgan fingerprint density at radius 2 is 1.86 bits per heavy atom. The van der Waals surface area contributed by atoms with E-state index in [2.05, 4.69) is 17.1 Å². The Labute approximate surface area is 343 Å². The van der Waals surface area contributed by atoms with Gasteiger partial charge in [0.1, 0.15) is 55.3 Å². The highest BCUT2D eigenvalue weighted by molar-refractivity contribution is 6.43. The molecular weight excluding hydrogens is 760 g/mol. The minimum atomic E-state index is -2.02. The van der Waals surface area contributed by atoms with Gasteiger partial charge in [0.15, 0.2) is 11.5 Å². The number of nitrogens with zero attached hydrogens (tertiary/aromatic N) is 1. The quantitative estimate of drug-likeness (QED) is 0.108. The molecule has 5 aliphatic rings. The number of carbonyl (C=O) groups excluding carboxylic acids is 3. The van der Waals surface area contributed by atoms with Gasteiger partial charge in [0.2, 0.25) is 0 Å². The van der Waals surface area contributed by atoms with Crippen LogP contribution < -0.4 is 0 Å². The van der Waals surface area contributed by atoms with Gasteiger partial charge in [-0.15, -0.1) is 0 Å².